The van der Waals surface area contributed by atoms with Gasteiger partial charge in [-0.1, -0.05) is 44.2 Å². The number of likely N-dealkylation sites (tertiary alicyclic amines) is 1. The van der Waals surface area contributed by atoms with Crippen LogP contribution in [0.5, 0.6) is 0 Å². The number of nitrogens with zero attached hydrogens (tertiary/aromatic N) is 2. The van der Waals surface area contributed by atoms with Crippen molar-refractivity contribution in [3.63, 3.8) is 0 Å². The van der Waals surface area contributed by atoms with E-state index in [1.807, 2.05) is 28.5 Å². The summed E-state index contributed by atoms with van der Waals surface area (Å²) in [6.45, 7) is 7.10. The first-order valence-corrected chi connectivity index (χ1v) is 9.38. The number of amides is 1. The summed E-state index contributed by atoms with van der Waals surface area (Å²) in [5.74, 6) is 0.846. The second-order valence-electron chi connectivity index (χ2n) is 6.63. The predicted molar refractivity (Wildman–Crippen MR) is 96.3 cm³/mol. The number of aromatic nitrogens is 1. The Balaban J connectivity index is 1.47. The van der Waals surface area contributed by atoms with Crippen molar-refractivity contribution in [2.75, 3.05) is 19.7 Å². The van der Waals surface area contributed by atoms with Gasteiger partial charge in [0.15, 0.2) is 0 Å². The Bertz CT molecular complexity index is 669. The number of hydrogen-bond donors (Lipinski definition) is 0. The highest BCUT2D eigenvalue weighted by Gasteiger charge is 2.28. The third-order valence-corrected chi connectivity index (χ3v) is 5.42. The zero-order chi connectivity index (χ0) is 16.9. The van der Waals surface area contributed by atoms with Crippen molar-refractivity contribution in [2.24, 2.45) is 5.92 Å². The van der Waals surface area contributed by atoms with Gasteiger partial charge in [0, 0.05) is 30.3 Å². The summed E-state index contributed by atoms with van der Waals surface area (Å²) < 4.78 is 5.82. The van der Waals surface area contributed by atoms with Crippen LogP contribution in [0.4, 0.5) is 0 Å². The van der Waals surface area contributed by atoms with Gasteiger partial charge in [-0.3, -0.25) is 4.79 Å². The van der Waals surface area contributed by atoms with Gasteiger partial charge in [-0.2, -0.15) is 0 Å². The third-order valence-electron chi connectivity index (χ3n) is 4.27. The van der Waals surface area contributed by atoms with Crippen molar-refractivity contribution in [1.82, 2.24) is 9.88 Å². The van der Waals surface area contributed by atoms with Gasteiger partial charge in [-0.25, -0.2) is 4.98 Å². The molecule has 0 bridgehead atoms. The topological polar surface area (TPSA) is 42.4 Å². The molecule has 1 amide bonds. The quantitative estimate of drug-likeness (QED) is 0.797. The molecular weight excluding hydrogens is 320 g/mol. The Morgan fingerprint density at radius 1 is 1.38 bits per heavy atom. The highest BCUT2D eigenvalue weighted by Crippen LogP contribution is 2.23. The van der Waals surface area contributed by atoms with Crippen molar-refractivity contribution in [3.05, 3.63) is 52.0 Å². The van der Waals surface area contributed by atoms with Crippen molar-refractivity contribution >= 4 is 17.2 Å². The number of ether oxygens (including phenoxy) is 1. The maximum absolute atomic E-state index is 12.6. The van der Waals surface area contributed by atoms with Crippen LogP contribution >= 0.6 is 11.3 Å². The maximum Gasteiger partial charge on any atom is 0.273 e. The van der Waals surface area contributed by atoms with Crippen LogP contribution in [0.15, 0.2) is 35.7 Å². The molecule has 5 heteroatoms. The van der Waals surface area contributed by atoms with Gasteiger partial charge < -0.3 is 9.64 Å². The zero-order valence-electron chi connectivity index (χ0n) is 14.3. The molecular formula is C19H24N2O2S. The van der Waals surface area contributed by atoms with E-state index in [0.29, 0.717) is 30.7 Å². The lowest BCUT2D eigenvalue weighted by atomic mass is 10.1. The van der Waals surface area contributed by atoms with Gasteiger partial charge >= 0.3 is 0 Å². The normalized spacial score (nSPS) is 17.6. The fraction of sp³-hybridized carbons (Fsp3) is 0.474. The van der Waals surface area contributed by atoms with E-state index in [-0.39, 0.29) is 5.91 Å². The molecule has 2 heterocycles. The minimum atomic E-state index is 0.0590. The van der Waals surface area contributed by atoms with Crippen molar-refractivity contribution in [1.29, 1.82) is 0 Å². The number of thiazole rings is 1. The lowest BCUT2D eigenvalue weighted by Gasteiger charge is -2.15. The molecule has 0 N–H and O–H groups in total. The van der Waals surface area contributed by atoms with Crippen molar-refractivity contribution in [3.8, 4) is 0 Å². The molecule has 1 aromatic heterocycles. The molecule has 128 valence electrons. The largest absolute Gasteiger partial charge is 0.376 e. The molecule has 0 radical (unpaired) electrons. The highest BCUT2D eigenvalue weighted by atomic mass is 32.1. The summed E-state index contributed by atoms with van der Waals surface area (Å²) in [5.41, 5.74) is 1.78. The van der Waals surface area contributed by atoms with Crippen LogP contribution in [0.25, 0.3) is 0 Å². The van der Waals surface area contributed by atoms with Gasteiger partial charge in [0.05, 0.1) is 18.2 Å². The Labute approximate surface area is 147 Å². The predicted octanol–water partition coefficient (Wildman–Crippen LogP) is 3.95. The van der Waals surface area contributed by atoms with Crippen LogP contribution in [0, 0.1) is 5.92 Å². The van der Waals surface area contributed by atoms with Crippen LogP contribution < -0.4 is 0 Å². The van der Waals surface area contributed by atoms with Gasteiger partial charge in [0.1, 0.15) is 5.69 Å². The fourth-order valence-corrected chi connectivity index (χ4v) is 3.69. The summed E-state index contributed by atoms with van der Waals surface area (Å²) in [4.78, 5) is 18.9. The lowest BCUT2D eigenvalue weighted by molar-refractivity contribution is 0.0729. The molecule has 1 saturated heterocycles. The second kappa shape index (κ2) is 7.90. The average molecular weight is 344 g/mol. The van der Waals surface area contributed by atoms with Crippen LogP contribution in [0.3, 0.4) is 0 Å². The van der Waals surface area contributed by atoms with Gasteiger partial charge in [-0.05, 0) is 12.0 Å². The minimum absolute atomic E-state index is 0.0590. The first kappa shape index (κ1) is 17.1. The van der Waals surface area contributed by atoms with E-state index >= 15 is 0 Å². The van der Waals surface area contributed by atoms with Crippen molar-refractivity contribution < 1.29 is 9.53 Å². The van der Waals surface area contributed by atoms with Crippen LogP contribution in [-0.4, -0.2) is 35.5 Å². The van der Waals surface area contributed by atoms with Crippen molar-refractivity contribution in [2.45, 2.75) is 32.8 Å². The first-order chi connectivity index (χ1) is 11.6. The highest BCUT2D eigenvalue weighted by molar-refractivity contribution is 7.09. The number of benzene rings is 1. The lowest BCUT2D eigenvalue weighted by Crippen LogP contribution is -2.29. The maximum atomic E-state index is 12.6. The number of rotatable bonds is 6. The van der Waals surface area contributed by atoms with Crippen LogP contribution in [0.1, 0.15) is 47.2 Å². The van der Waals surface area contributed by atoms with Gasteiger partial charge in [0.2, 0.25) is 0 Å². The molecule has 24 heavy (non-hydrogen) atoms. The Morgan fingerprint density at radius 3 is 2.88 bits per heavy atom. The zero-order valence-corrected chi connectivity index (χ0v) is 15.1. The molecule has 1 fully saturated rings. The van der Waals surface area contributed by atoms with Crippen LogP contribution in [-0.2, 0) is 11.3 Å². The van der Waals surface area contributed by atoms with E-state index in [4.69, 9.17) is 4.74 Å². The van der Waals surface area contributed by atoms with E-state index in [0.717, 1.165) is 24.5 Å². The summed E-state index contributed by atoms with van der Waals surface area (Å²) in [6.07, 6.45) is 1.00. The average Bonchev–Trinajstić information content (AvgIpc) is 3.25. The number of carbonyl (C=O) groups is 1. The van der Waals surface area contributed by atoms with E-state index in [1.54, 1.807) is 11.3 Å². The Morgan fingerprint density at radius 2 is 2.17 bits per heavy atom. The fourth-order valence-electron chi connectivity index (χ4n) is 2.88. The standard InChI is InChI=1S/C19H24N2O2S/c1-14(2)18-20-17(13-24-18)19(22)21-9-8-16(10-21)12-23-11-15-6-4-3-5-7-15/h3-7,13-14,16H,8-12H2,1-2H3. The van der Waals surface area contributed by atoms with E-state index in [1.165, 1.54) is 5.56 Å². The summed E-state index contributed by atoms with van der Waals surface area (Å²) in [6, 6.07) is 10.2. The minimum Gasteiger partial charge on any atom is -0.376 e. The summed E-state index contributed by atoms with van der Waals surface area (Å²) in [7, 11) is 0. The molecule has 3 rings (SSSR count). The molecule has 1 aromatic carbocycles. The molecule has 1 unspecified atom stereocenters. The van der Waals surface area contributed by atoms with Crippen LogP contribution in [0.2, 0.25) is 0 Å². The molecule has 0 saturated carbocycles. The molecule has 0 aliphatic carbocycles. The van der Waals surface area contributed by atoms with E-state index in [2.05, 4.69) is 31.0 Å². The number of carbonyl (C=O) groups excluding carboxylic acids is 1. The van der Waals surface area contributed by atoms with Gasteiger partial charge in [0.25, 0.3) is 5.91 Å². The summed E-state index contributed by atoms with van der Waals surface area (Å²) in [5, 5.41) is 2.91. The van der Waals surface area contributed by atoms with E-state index < -0.39 is 0 Å². The summed E-state index contributed by atoms with van der Waals surface area (Å²) >= 11 is 1.57. The molecule has 1 aliphatic heterocycles. The molecule has 1 aliphatic rings. The Kier molecular flexibility index (Phi) is 5.63. The molecule has 4 nitrogen and oxygen atoms in total. The van der Waals surface area contributed by atoms with Gasteiger partial charge in [-0.15, -0.1) is 11.3 Å². The van der Waals surface area contributed by atoms with E-state index in [9.17, 15) is 4.79 Å². The molecule has 0 spiro atoms. The Hall–Kier alpha value is -1.72. The first-order valence-electron chi connectivity index (χ1n) is 8.50. The molecule has 2 aromatic rings. The second-order valence-corrected chi connectivity index (χ2v) is 7.52. The SMILES string of the molecule is CC(C)c1nc(C(=O)N2CCC(COCc3ccccc3)C2)cs1. The monoisotopic (exact) mass is 344 g/mol. The smallest absolute Gasteiger partial charge is 0.273 e. The third kappa shape index (κ3) is 4.22. The molecule has 1 atom stereocenters. The number of hydrogen-bond acceptors (Lipinski definition) is 4.